The topological polar surface area (TPSA) is 49.3 Å². The molecule has 1 aliphatic rings. The summed E-state index contributed by atoms with van der Waals surface area (Å²) in [5.74, 6) is 0.674. The van der Waals surface area contributed by atoms with Gasteiger partial charge in [-0.25, -0.2) is 9.37 Å². The van der Waals surface area contributed by atoms with Crippen molar-refractivity contribution in [3.63, 3.8) is 0 Å². The highest BCUT2D eigenvalue weighted by atomic mass is 32.1. The molecule has 150 valence electrons. The predicted octanol–water partition coefficient (Wildman–Crippen LogP) is 3.66. The molecule has 0 N–H and O–H groups in total. The van der Waals surface area contributed by atoms with Crippen molar-refractivity contribution in [2.75, 3.05) is 31.1 Å². The van der Waals surface area contributed by atoms with Gasteiger partial charge >= 0.3 is 0 Å². The predicted molar refractivity (Wildman–Crippen MR) is 113 cm³/mol. The summed E-state index contributed by atoms with van der Waals surface area (Å²) in [4.78, 5) is 21.6. The Balaban J connectivity index is 1.34. The Labute approximate surface area is 174 Å². The van der Waals surface area contributed by atoms with Gasteiger partial charge in [-0.2, -0.15) is 4.37 Å². The molecule has 0 radical (unpaired) electrons. The number of ketones is 1. The third-order valence-electron chi connectivity index (χ3n) is 5.21. The lowest BCUT2D eigenvalue weighted by Crippen LogP contribution is -2.53. The SMILES string of the molecule is CC1CN(c2nc(Cc3ccc(F)cc3)ns2)CCN1CC(=O)c1ccccc1. The maximum Gasteiger partial charge on any atom is 0.205 e. The molecule has 1 atom stereocenters. The average Bonchev–Trinajstić information content (AvgIpc) is 3.20. The fourth-order valence-corrected chi connectivity index (χ4v) is 4.25. The molecule has 1 unspecified atom stereocenters. The molecular formula is C22H23FN4OS. The summed E-state index contributed by atoms with van der Waals surface area (Å²) in [6.07, 6.45) is 0.595. The fourth-order valence-electron chi connectivity index (χ4n) is 3.53. The molecule has 0 spiro atoms. The van der Waals surface area contributed by atoms with Crippen LogP contribution in [0.3, 0.4) is 0 Å². The van der Waals surface area contributed by atoms with Gasteiger partial charge in [0.1, 0.15) is 11.6 Å². The molecule has 2 heterocycles. The number of hydrogen-bond donors (Lipinski definition) is 0. The molecule has 0 amide bonds. The summed E-state index contributed by atoms with van der Waals surface area (Å²) in [5.41, 5.74) is 1.75. The van der Waals surface area contributed by atoms with E-state index < -0.39 is 0 Å². The van der Waals surface area contributed by atoms with E-state index in [1.54, 1.807) is 12.1 Å². The van der Waals surface area contributed by atoms with Crippen molar-refractivity contribution < 1.29 is 9.18 Å². The highest BCUT2D eigenvalue weighted by molar-refractivity contribution is 7.09. The van der Waals surface area contributed by atoms with Gasteiger partial charge in [0.15, 0.2) is 5.78 Å². The van der Waals surface area contributed by atoms with E-state index in [0.29, 0.717) is 13.0 Å². The summed E-state index contributed by atoms with van der Waals surface area (Å²) in [5, 5.41) is 0.906. The van der Waals surface area contributed by atoms with Crippen molar-refractivity contribution in [2.45, 2.75) is 19.4 Å². The lowest BCUT2D eigenvalue weighted by atomic mass is 10.1. The Hall–Kier alpha value is -2.64. The monoisotopic (exact) mass is 410 g/mol. The molecule has 0 saturated carbocycles. The van der Waals surface area contributed by atoms with E-state index in [1.165, 1.54) is 23.7 Å². The molecule has 7 heteroatoms. The maximum atomic E-state index is 13.1. The molecule has 2 aromatic carbocycles. The van der Waals surface area contributed by atoms with Gasteiger partial charge in [0.2, 0.25) is 5.13 Å². The van der Waals surface area contributed by atoms with E-state index in [2.05, 4.69) is 26.1 Å². The van der Waals surface area contributed by atoms with E-state index in [9.17, 15) is 9.18 Å². The van der Waals surface area contributed by atoms with Crippen LogP contribution in [-0.4, -0.2) is 52.3 Å². The first kappa shape index (κ1) is 19.7. The van der Waals surface area contributed by atoms with Crippen LogP contribution in [0.4, 0.5) is 9.52 Å². The zero-order valence-corrected chi connectivity index (χ0v) is 17.1. The minimum absolute atomic E-state index is 0.156. The molecule has 1 fully saturated rings. The van der Waals surface area contributed by atoms with Crippen LogP contribution in [0.1, 0.15) is 28.7 Å². The Morgan fingerprint density at radius 1 is 1.14 bits per heavy atom. The molecule has 4 rings (SSSR count). The lowest BCUT2D eigenvalue weighted by Gasteiger charge is -2.39. The van der Waals surface area contributed by atoms with Crippen LogP contribution in [0.2, 0.25) is 0 Å². The van der Waals surface area contributed by atoms with Gasteiger partial charge in [-0.05, 0) is 24.6 Å². The second-order valence-corrected chi connectivity index (χ2v) is 8.08. The number of halogens is 1. The van der Waals surface area contributed by atoms with Crippen LogP contribution in [0, 0.1) is 5.82 Å². The summed E-state index contributed by atoms with van der Waals surface area (Å²) in [6.45, 7) is 5.02. The normalized spacial score (nSPS) is 17.4. The van der Waals surface area contributed by atoms with Crippen LogP contribution in [0.25, 0.3) is 0 Å². The highest BCUT2D eigenvalue weighted by Crippen LogP contribution is 2.22. The number of Topliss-reactive ketones (excluding diaryl/α,β-unsaturated/α-hetero) is 1. The van der Waals surface area contributed by atoms with Crippen molar-refractivity contribution in [1.82, 2.24) is 14.3 Å². The van der Waals surface area contributed by atoms with Crippen molar-refractivity contribution in [3.8, 4) is 0 Å². The summed E-state index contributed by atoms with van der Waals surface area (Å²) < 4.78 is 17.5. The Kier molecular flexibility index (Phi) is 5.97. The second kappa shape index (κ2) is 8.80. The summed E-state index contributed by atoms with van der Waals surface area (Å²) in [7, 11) is 0. The second-order valence-electron chi connectivity index (χ2n) is 7.35. The summed E-state index contributed by atoms with van der Waals surface area (Å²) in [6, 6.07) is 16.1. The smallest absolute Gasteiger partial charge is 0.205 e. The zero-order chi connectivity index (χ0) is 20.2. The van der Waals surface area contributed by atoms with E-state index in [0.717, 1.165) is 41.7 Å². The number of aromatic nitrogens is 2. The molecule has 1 aromatic heterocycles. The molecular weight excluding hydrogens is 387 g/mol. The van der Waals surface area contributed by atoms with Gasteiger partial charge in [0.05, 0.1) is 6.54 Å². The zero-order valence-electron chi connectivity index (χ0n) is 16.3. The standard InChI is InChI=1S/C22H23FN4OS/c1-16-14-27(12-11-26(16)15-20(28)18-5-3-2-4-6-18)22-24-21(25-29-22)13-17-7-9-19(23)10-8-17/h2-10,16H,11-15H2,1H3. The van der Waals surface area contributed by atoms with E-state index in [-0.39, 0.29) is 17.6 Å². The number of benzene rings is 2. The van der Waals surface area contributed by atoms with Gasteiger partial charge in [-0.3, -0.25) is 9.69 Å². The number of nitrogens with zero attached hydrogens (tertiary/aromatic N) is 4. The van der Waals surface area contributed by atoms with Crippen LogP contribution in [0.5, 0.6) is 0 Å². The third-order valence-corrected chi connectivity index (χ3v) is 6.03. The number of carbonyl (C=O) groups excluding carboxylic acids is 1. The highest BCUT2D eigenvalue weighted by Gasteiger charge is 2.27. The number of hydrogen-bond acceptors (Lipinski definition) is 6. The number of rotatable bonds is 6. The van der Waals surface area contributed by atoms with Crippen LogP contribution in [-0.2, 0) is 6.42 Å². The molecule has 0 bridgehead atoms. The third kappa shape index (κ3) is 4.86. The minimum atomic E-state index is -0.238. The summed E-state index contributed by atoms with van der Waals surface area (Å²) >= 11 is 1.40. The quantitative estimate of drug-likeness (QED) is 0.581. The van der Waals surface area contributed by atoms with Crippen LogP contribution >= 0.6 is 11.5 Å². The number of anilines is 1. The molecule has 29 heavy (non-hydrogen) atoms. The Bertz CT molecular complexity index is 960. The van der Waals surface area contributed by atoms with Crippen LogP contribution in [0.15, 0.2) is 54.6 Å². The van der Waals surface area contributed by atoms with Gasteiger partial charge in [-0.15, -0.1) is 0 Å². The molecule has 0 aliphatic carbocycles. The Morgan fingerprint density at radius 3 is 2.62 bits per heavy atom. The minimum Gasteiger partial charge on any atom is -0.344 e. The number of carbonyl (C=O) groups is 1. The van der Waals surface area contributed by atoms with Crippen LogP contribution < -0.4 is 4.90 Å². The molecule has 1 aliphatic heterocycles. The van der Waals surface area contributed by atoms with Crippen molar-refractivity contribution in [2.24, 2.45) is 0 Å². The molecule has 1 saturated heterocycles. The first-order valence-corrected chi connectivity index (χ1v) is 10.5. The van der Waals surface area contributed by atoms with Crippen molar-refractivity contribution >= 4 is 22.4 Å². The maximum absolute atomic E-state index is 13.1. The Morgan fingerprint density at radius 2 is 1.90 bits per heavy atom. The largest absolute Gasteiger partial charge is 0.344 e. The average molecular weight is 411 g/mol. The first-order valence-electron chi connectivity index (χ1n) is 9.73. The number of piperazine rings is 1. The van der Waals surface area contributed by atoms with E-state index in [1.807, 2.05) is 30.3 Å². The van der Waals surface area contributed by atoms with E-state index in [4.69, 9.17) is 0 Å². The van der Waals surface area contributed by atoms with Gasteiger partial charge in [0.25, 0.3) is 0 Å². The fraction of sp³-hybridized carbons (Fsp3) is 0.318. The van der Waals surface area contributed by atoms with Gasteiger partial charge in [-0.1, -0.05) is 42.5 Å². The van der Waals surface area contributed by atoms with Gasteiger partial charge < -0.3 is 4.90 Å². The van der Waals surface area contributed by atoms with E-state index >= 15 is 0 Å². The first-order chi connectivity index (χ1) is 14.1. The molecule has 5 nitrogen and oxygen atoms in total. The van der Waals surface area contributed by atoms with Crippen molar-refractivity contribution in [3.05, 3.63) is 77.4 Å². The molecule has 3 aromatic rings. The van der Waals surface area contributed by atoms with Gasteiger partial charge in [0, 0.05) is 49.2 Å². The van der Waals surface area contributed by atoms with Crippen molar-refractivity contribution in [1.29, 1.82) is 0 Å². The lowest BCUT2D eigenvalue weighted by molar-refractivity contribution is 0.0887.